The molecule has 9 nitrogen and oxygen atoms in total. The SMILES string of the molecule is NN=CNC(P(=O)(O)O)P(=O)(O)O. The molecule has 0 amide bonds. The molecule has 0 aromatic rings. The summed E-state index contributed by atoms with van der Waals surface area (Å²) in [5.41, 5.74) is -2.31. The highest BCUT2D eigenvalue weighted by Gasteiger charge is 2.42. The molecule has 13 heavy (non-hydrogen) atoms. The number of nitrogens with two attached hydrogens (primary N) is 1. The van der Waals surface area contributed by atoms with E-state index in [0.29, 0.717) is 6.34 Å². The van der Waals surface area contributed by atoms with Gasteiger partial charge in [0.25, 0.3) is 0 Å². The van der Waals surface area contributed by atoms with E-state index in [4.69, 9.17) is 19.6 Å². The second-order valence-corrected chi connectivity index (χ2v) is 5.79. The third-order valence-corrected chi connectivity index (χ3v) is 4.31. The molecular weight excluding hydrogens is 224 g/mol. The topological polar surface area (TPSA) is 165 Å². The summed E-state index contributed by atoms with van der Waals surface area (Å²) in [7, 11) is -9.90. The van der Waals surface area contributed by atoms with Crippen molar-refractivity contribution in [3.8, 4) is 0 Å². The minimum atomic E-state index is -4.95. The summed E-state index contributed by atoms with van der Waals surface area (Å²) in [6.07, 6.45) is 0.586. The molecule has 0 heterocycles. The Morgan fingerprint density at radius 3 is 1.85 bits per heavy atom. The fraction of sp³-hybridized carbons (Fsp3) is 0.500. The maximum atomic E-state index is 10.5. The number of hydrogen-bond donors (Lipinski definition) is 6. The molecule has 0 saturated heterocycles. The van der Waals surface area contributed by atoms with Crippen molar-refractivity contribution in [2.45, 2.75) is 5.52 Å². The zero-order valence-corrected chi connectivity index (χ0v) is 7.97. The standard InChI is InChI=1S/C2H9N3O6P2/c3-5-1-4-2(12(6,7)8)13(9,10)11/h1-2H,3H2,(H,4,5)(H2,6,7,8)(H2,9,10,11). The Bertz CT molecular complexity index is 256. The van der Waals surface area contributed by atoms with Crippen LogP contribution in [0.25, 0.3) is 0 Å². The molecule has 0 aliphatic heterocycles. The quantitative estimate of drug-likeness (QED) is 0.108. The summed E-state index contributed by atoms with van der Waals surface area (Å²) < 4.78 is 21.0. The van der Waals surface area contributed by atoms with Crippen molar-refractivity contribution in [1.82, 2.24) is 5.32 Å². The van der Waals surface area contributed by atoms with Crippen molar-refractivity contribution < 1.29 is 28.7 Å². The van der Waals surface area contributed by atoms with Crippen molar-refractivity contribution in [3.05, 3.63) is 0 Å². The molecule has 0 rings (SSSR count). The minimum absolute atomic E-state index is 0.586. The van der Waals surface area contributed by atoms with E-state index in [1.807, 2.05) is 0 Å². The van der Waals surface area contributed by atoms with Crippen LogP contribution < -0.4 is 11.2 Å². The van der Waals surface area contributed by atoms with E-state index in [9.17, 15) is 9.13 Å². The van der Waals surface area contributed by atoms with Crippen LogP contribution >= 0.6 is 15.2 Å². The molecule has 7 N–H and O–H groups in total. The van der Waals surface area contributed by atoms with Gasteiger partial charge >= 0.3 is 15.2 Å². The monoisotopic (exact) mass is 233 g/mol. The molecule has 0 atom stereocenters. The van der Waals surface area contributed by atoms with E-state index in [0.717, 1.165) is 0 Å². The van der Waals surface area contributed by atoms with Crippen molar-refractivity contribution in [2.24, 2.45) is 10.9 Å². The van der Waals surface area contributed by atoms with Gasteiger partial charge in [-0.05, 0) is 0 Å². The number of hydrazone groups is 1. The van der Waals surface area contributed by atoms with Gasteiger partial charge in [-0.3, -0.25) is 9.13 Å². The van der Waals surface area contributed by atoms with Gasteiger partial charge in [0.2, 0.25) is 5.52 Å². The van der Waals surface area contributed by atoms with Gasteiger partial charge in [0.05, 0.1) is 0 Å². The van der Waals surface area contributed by atoms with Gasteiger partial charge in [0, 0.05) is 0 Å². The van der Waals surface area contributed by atoms with Crippen molar-refractivity contribution >= 4 is 21.5 Å². The van der Waals surface area contributed by atoms with Gasteiger partial charge in [-0.15, -0.1) is 0 Å². The summed E-state index contributed by atoms with van der Waals surface area (Å²) in [4.78, 5) is 34.0. The van der Waals surface area contributed by atoms with Gasteiger partial charge in [-0.25, -0.2) is 0 Å². The molecule has 0 aromatic heterocycles. The largest absolute Gasteiger partial charge is 0.360 e. The van der Waals surface area contributed by atoms with Crippen LogP contribution in [0.15, 0.2) is 5.10 Å². The molecule has 0 aliphatic rings. The first-order valence-electron chi connectivity index (χ1n) is 2.78. The molecule has 0 saturated carbocycles. The lowest BCUT2D eigenvalue weighted by Crippen LogP contribution is -2.28. The maximum Gasteiger partial charge on any atom is 0.360 e. The van der Waals surface area contributed by atoms with Crippen molar-refractivity contribution in [3.63, 3.8) is 0 Å². The highest BCUT2D eigenvalue weighted by atomic mass is 31.2. The Balaban J connectivity index is 4.79. The van der Waals surface area contributed by atoms with Crippen LogP contribution in [0.5, 0.6) is 0 Å². The number of nitrogens with zero attached hydrogens (tertiary/aromatic N) is 1. The molecular formula is C2H9N3O6P2. The van der Waals surface area contributed by atoms with E-state index in [-0.39, 0.29) is 0 Å². The molecule has 78 valence electrons. The first-order chi connectivity index (χ1) is 5.69. The first kappa shape index (κ1) is 12.6. The number of rotatable bonds is 4. The van der Waals surface area contributed by atoms with Crippen LogP contribution in [-0.2, 0) is 9.13 Å². The Kier molecular flexibility index (Phi) is 4.05. The predicted molar refractivity (Wildman–Crippen MR) is 43.7 cm³/mol. The van der Waals surface area contributed by atoms with Crippen LogP contribution in [-0.4, -0.2) is 31.4 Å². The lowest BCUT2D eigenvalue weighted by Gasteiger charge is -2.18. The van der Waals surface area contributed by atoms with E-state index in [1.165, 1.54) is 0 Å². The average Bonchev–Trinajstić information content (AvgIpc) is 1.81. The fourth-order valence-electron chi connectivity index (χ4n) is 0.500. The van der Waals surface area contributed by atoms with Crippen LogP contribution in [0.2, 0.25) is 0 Å². The lowest BCUT2D eigenvalue weighted by atomic mass is 11.2. The van der Waals surface area contributed by atoms with Crippen molar-refractivity contribution in [1.29, 1.82) is 0 Å². The van der Waals surface area contributed by atoms with Gasteiger partial charge in [-0.2, -0.15) is 5.10 Å². The molecule has 0 fully saturated rings. The van der Waals surface area contributed by atoms with Crippen LogP contribution in [0.3, 0.4) is 0 Å². The summed E-state index contributed by atoms with van der Waals surface area (Å²) in [5.74, 6) is 4.56. The lowest BCUT2D eigenvalue weighted by molar-refractivity contribution is 0.335. The van der Waals surface area contributed by atoms with Gasteiger partial charge < -0.3 is 30.7 Å². The number of nitrogens with one attached hydrogen (secondary N) is 1. The highest BCUT2D eigenvalue weighted by molar-refractivity contribution is 7.70. The zero-order valence-electron chi connectivity index (χ0n) is 6.18. The summed E-state index contributed by atoms with van der Waals surface area (Å²) in [6, 6.07) is 0. The fourth-order valence-corrected chi connectivity index (χ4v) is 2.59. The summed E-state index contributed by atoms with van der Waals surface area (Å²) in [6.45, 7) is 0. The molecule has 0 bridgehead atoms. The molecule has 11 heteroatoms. The molecule has 0 radical (unpaired) electrons. The highest BCUT2D eigenvalue weighted by Crippen LogP contribution is 2.57. The Hall–Kier alpha value is -0.430. The van der Waals surface area contributed by atoms with Crippen LogP contribution in [0, 0.1) is 0 Å². The summed E-state index contributed by atoms with van der Waals surface area (Å²) >= 11 is 0. The minimum Gasteiger partial charge on any atom is -0.351 e. The van der Waals surface area contributed by atoms with Gasteiger partial charge in [0.1, 0.15) is 6.34 Å². The van der Waals surface area contributed by atoms with E-state index < -0.39 is 20.7 Å². The van der Waals surface area contributed by atoms with Crippen LogP contribution in [0.4, 0.5) is 0 Å². The first-order valence-corrected chi connectivity index (χ1v) is 6.14. The zero-order chi connectivity index (χ0) is 10.7. The Morgan fingerprint density at radius 2 is 1.62 bits per heavy atom. The van der Waals surface area contributed by atoms with E-state index in [1.54, 1.807) is 5.32 Å². The Morgan fingerprint density at radius 1 is 1.23 bits per heavy atom. The molecule has 0 unspecified atom stereocenters. The smallest absolute Gasteiger partial charge is 0.351 e. The second kappa shape index (κ2) is 4.19. The van der Waals surface area contributed by atoms with Gasteiger partial charge in [-0.1, -0.05) is 0 Å². The molecule has 0 spiro atoms. The maximum absolute atomic E-state index is 10.5. The van der Waals surface area contributed by atoms with E-state index >= 15 is 0 Å². The Labute approximate surface area is 73.0 Å². The molecule has 0 aromatic carbocycles. The predicted octanol–water partition coefficient (Wildman–Crippen LogP) is -1.88. The summed E-state index contributed by atoms with van der Waals surface area (Å²) in [5, 5.41) is 4.49. The van der Waals surface area contributed by atoms with Crippen molar-refractivity contribution in [2.75, 3.05) is 0 Å². The molecule has 0 aliphatic carbocycles. The third kappa shape index (κ3) is 4.37. The van der Waals surface area contributed by atoms with Crippen LogP contribution in [0.1, 0.15) is 0 Å². The van der Waals surface area contributed by atoms with E-state index in [2.05, 4.69) is 10.9 Å². The third-order valence-electron chi connectivity index (χ3n) is 0.935. The average molecular weight is 233 g/mol. The second-order valence-electron chi connectivity index (χ2n) is 2.00. The number of hydrogen-bond acceptors (Lipinski definition) is 4. The normalized spacial score (nSPS) is 13.9. The van der Waals surface area contributed by atoms with Gasteiger partial charge in [0.15, 0.2) is 0 Å².